The molecule has 1 aliphatic heterocycles. The van der Waals surface area contributed by atoms with Gasteiger partial charge in [0.15, 0.2) is 9.84 Å². The number of amides is 1. The van der Waals surface area contributed by atoms with Gasteiger partial charge >= 0.3 is 0 Å². The lowest BCUT2D eigenvalue weighted by atomic mass is 9.92. The molecule has 1 aromatic rings. The molecule has 1 saturated heterocycles. The third-order valence-corrected chi connectivity index (χ3v) is 6.46. The molecule has 0 radical (unpaired) electrons. The molecular weight excluding hydrogens is 398 g/mol. The molecule has 0 spiro atoms. The number of rotatable bonds is 9. The normalized spacial score (nSPS) is 16.6. The zero-order valence-electron chi connectivity index (χ0n) is 17.1. The summed E-state index contributed by atoms with van der Waals surface area (Å²) < 4.78 is 29.1. The SMILES string of the molecule is CCC(CC)C(CNC(=O)c1cc([N+](=O)[O-])cc(S(C)(=O)=O)c1)N1CCOCC1. The third-order valence-electron chi connectivity index (χ3n) is 5.37. The van der Waals surface area contributed by atoms with Crippen LogP contribution in [0.4, 0.5) is 5.69 Å². The number of carbonyl (C=O) groups is 1. The van der Waals surface area contributed by atoms with Crippen molar-refractivity contribution in [2.75, 3.05) is 39.1 Å². The molecule has 29 heavy (non-hydrogen) atoms. The lowest BCUT2D eigenvalue weighted by Gasteiger charge is -2.38. The van der Waals surface area contributed by atoms with Gasteiger partial charge in [-0.2, -0.15) is 0 Å². The highest BCUT2D eigenvalue weighted by molar-refractivity contribution is 7.90. The zero-order valence-corrected chi connectivity index (χ0v) is 17.9. The molecule has 0 aliphatic carbocycles. The lowest BCUT2D eigenvalue weighted by Crippen LogP contribution is -2.52. The summed E-state index contributed by atoms with van der Waals surface area (Å²) in [5.41, 5.74) is -0.465. The minimum atomic E-state index is -3.69. The molecule has 0 saturated carbocycles. The molecule has 2 rings (SSSR count). The number of nitro groups is 1. The summed E-state index contributed by atoms with van der Waals surface area (Å²) >= 11 is 0. The monoisotopic (exact) mass is 427 g/mol. The molecule has 0 bridgehead atoms. The number of nitrogens with one attached hydrogen (secondary N) is 1. The van der Waals surface area contributed by atoms with E-state index in [-0.39, 0.29) is 16.5 Å². The standard InChI is InChI=1S/C19H29N3O6S/c1-4-14(5-2)18(21-6-8-28-9-7-21)13-20-19(23)15-10-16(22(24)25)12-17(11-15)29(3,26)27/h10-12,14,18H,4-9,13H2,1-3H3,(H,20,23). The Labute approximate surface area is 171 Å². The van der Waals surface area contributed by atoms with Crippen LogP contribution in [0, 0.1) is 16.0 Å². The predicted molar refractivity (Wildman–Crippen MR) is 109 cm³/mol. The molecule has 1 N–H and O–H groups in total. The van der Waals surface area contributed by atoms with Crippen LogP contribution in [0.25, 0.3) is 0 Å². The van der Waals surface area contributed by atoms with Gasteiger partial charge in [0.2, 0.25) is 0 Å². The Hall–Kier alpha value is -2.04. The fraction of sp³-hybridized carbons (Fsp3) is 0.632. The van der Waals surface area contributed by atoms with Gasteiger partial charge in [-0.3, -0.25) is 19.8 Å². The average molecular weight is 428 g/mol. The topological polar surface area (TPSA) is 119 Å². The molecule has 1 unspecified atom stereocenters. The van der Waals surface area contributed by atoms with Gasteiger partial charge in [0.05, 0.1) is 23.0 Å². The van der Waals surface area contributed by atoms with Crippen LogP contribution in [0.1, 0.15) is 37.0 Å². The van der Waals surface area contributed by atoms with E-state index in [1.165, 1.54) is 6.07 Å². The van der Waals surface area contributed by atoms with Crippen molar-refractivity contribution < 1.29 is 22.9 Å². The smallest absolute Gasteiger partial charge is 0.271 e. The molecule has 1 heterocycles. The number of non-ortho nitro benzene ring substituents is 1. The van der Waals surface area contributed by atoms with Crippen molar-refractivity contribution in [3.63, 3.8) is 0 Å². The van der Waals surface area contributed by atoms with Crippen molar-refractivity contribution >= 4 is 21.4 Å². The number of benzene rings is 1. The third kappa shape index (κ3) is 6.22. The van der Waals surface area contributed by atoms with Crippen LogP contribution >= 0.6 is 0 Å². The van der Waals surface area contributed by atoms with E-state index in [0.717, 1.165) is 44.3 Å². The first-order valence-corrected chi connectivity index (χ1v) is 11.7. The van der Waals surface area contributed by atoms with Crippen molar-refractivity contribution in [3.8, 4) is 0 Å². The maximum atomic E-state index is 12.7. The second-order valence-corrected chi connectivity index (χ2v) is 9.26. The average Bonchev–Trinajstić information content (AvgIpc) is 2.70. The van der Waals surface area contributed by atoms with Crippen molar-refractivity contribution in [2.45, 2.75) is 37.6 Å². The van der Waals surface area contributed by atoms with E-state index in [0.29, 0.717) is 25.7 Å². The van der Waals surface area contributed by atoms with Crippen LogP contribution in [0.3, 0.4) is 0 Å². The zero-order chi connectivity index (χ0) is 21.6. The molecule has 1 amide bonds. The molecule has 1 fully saturated rings. The van der Waals surface area contributed by atoms with E-state index in [4.69, 9.17) is 4.74 Å². The Balaban J connectivity index is 2.22. The van der Waals surface area contributed by atoms with Crippen molar-refractivity contribution in [2.24, 2.45) is 5.92 Å². The highest BCUT2D eigenvalue weighted by Crippen LogP contribution is 2.22. The summed E-state index contributed by atoms with van der Waals surface area (Å²) in [6, 6.07) is 3.36. The van der Waals surface area contributed by atoms with Gasteiger partial charge in [-0.1, -0.05) is 26.7 Å². The number of sulfone groups is 1. The lowest BCUT2D eigenvalue weighted by molar-refractivity contribution is -0.385. The molecule has 0 aromatic heterocycles. The second-order valence-electron chi connectivity index (χ2n) is 7.25. The molecule has 162 valence electrons. The summed E-state index contributed by atoms with van der Waals surface area (Å²) in [4.78, 5) is 25.2. The van der Waals surface area contributed by atoms with E-state index >= 15 is 0 Å². The van der Waals surface area contributed by atoms with Gasteiger partial charge in [0, 0.05) is 49.6 Å². The number of nitro benzene ring substituents is 1. The number of hydrogen-bond acceptors (Lipinski definition) is 7. The van der Waals surface area contributed by atoms with E-state index in [1.807, 2.05) is 0 Å². The van der Waals surface area contributed by atoms with Crippen LogP contribution in [0.2, 0.25) is 0 Å². The minimum absolute atomic E-state index is 0.0371. The predicted octanol–water partition coefficient (Wildman–Crippen LogP) is 1.87. The van der Waals surface area contributed by atoms with E-state index < -0.39 is 26.4 Å². The van der Waals surface area contributed by atoms with Crippen molar-refractivity contribution in [1.82, 2.24) is 10.2 Å². The van der Waals surface area contributed by atoms with Crippen LogP contribution < -0.4 is 5.32 Å². The van der Waals surface area contributed by atoms with E-state index in [1.54, 1.807) is 0 Å². The van der Waals surface area contributed by atoms with Gasteiger partial charge in [-0.15, -0.1) is 0 Å². The van der Waals surface area contributed by atoms with Crippen molar-refractivity contribution in [1.29, 1.82) is 0 Å². The summed E-state index contributed by atoms with van der Waals surface area (Å²) in [5.74, 6) is -0.145. The Morgan fingerprint density at radius 1 is 1.24 bits per heavy atom. The number of ether oxygens (including phenoxy) is 1. The Kier molecular flexibility index (Phi) is 8.12. The van der Waals surface area contributed by atoms with Gasteiger partial charge in [-0.25, -0.2) is 8.42 Å². The second kappa shape index (κ2) is 10.1. The Morgan fingerprint density at radius 3 is 2.38 bits per heavy atom. The number of carbonyl (C=O) groups excluding carboxylic acids is 1. The van der Waals surface area contributed by atoms with E-state index in [9.17, 15) is 23.3 Å². The molecule has 1 aromatic carbocycles. The van der Waals surface area contributed by atoms with Gasteiger partial charge in [-0.05, 0) is 12.0 Å². The first kappa shape index (κ1) is 23.2. The maximum absolute atomic E-state index is 12.7. The summed E-state index contributed by atoms with van der Waals surface area (Å²) in [5, 5.41) is 14.0. The van der Waals surface area contributed by atoms with Crippen LogP contribution in [0.5, 0.6) is 0 Å². The van der Waals surface area contributed by atoms with Crippen LogP contribution in [-0.2, 0) is 14.6 Å². The summed E-state index contributed by atoms with van der Waals surface area (Å²) in [7, 11) is -3.69. The minimum Gasteiger partial charge on any atom is -0.379 e. The highest BCUT2D eigenvalue weighted by atomic mass is 32.2. The number of nitrogens with zero attached hydrogens (tertiary/aromatic N) is 2. The fourth-order valence-electron chi connectivity index (χ4n) is 3.67. The molecule has 10 heteroatoms. The van der Waals surface area contributed by atoms with E-state index in [2.05, 4.69) is 24.1 Å². The Morgan fingerprint density at radius 2 is 1.86 bits per heavy atom. The highest BCUT2D eigenvalue weighted by Gasteiger charge is 2.28. The number of hydrogen-bond donors (Lipinski definition) is 1. The molecule has 1 aliphatic rings. The maximum Gasteiger partial charge on any atom is 0.271 e. The summed E-state index contributed by atoms with van der Waals surface area (Å²) in [6.45, 7) is 7.46. The quantitative estimate of drug-likeness (QED) is 0.472. The molecule has 9 nitrogen and oxygen atoms in total. The fourth-order valence-corrected chi connectivity index (χ4v) is 4.34. The number of morpholine rings is 1. The van der Waals surface area contributed by atoms with Gasteiger partial charge < -0.3 is 10.1 Å². The first-order chi connectivity index (χ1) is 13.7. The Bertz CT molecular complexity index is 832. The first-order valence-electron chi connectivity index (χ1n) is 9.76. The largest absolute Gasteiger partial charge is 0.379 e. The molecule has 1 atom stereocenters. The summed E-state index contributed by atoms with van der Waals surface area (Å²) in [6.07, 6.45) is 2.88. The molecular formula is C19H29N3O6S. The van der Waals surface area contributed by atoms with Crippen LogP contribution in [0.15, 0.2) is 23.1 Å². The van der Waals surface area contributed by atoms with Gasteiger partial charge in [0.25, 0.3) is 11.6 Å². The van der Waals surface area contributed by atoms with Crippen molar-refractivity contribution in [3.05, 3.63) is 33.9 Å². The van der Waals surface area contributed by atoms with Gasteiger partial charge in [0.1, 0.15) is 0 Å². The van der Waals surface area contributed by atoms with Crippen LogP contribution in [-0.4, -0.2) is 69.3 Å².